The molecule has 128 valence electrons. The lowest BCUT2D eigenvalue weighted by Gasteiger charge is -2.20. The van der Waals surface area contributed by atoms with E-state index in [0.717, 1.165) is 5.56 Å². The topological polar surface area (TPSA) is 110 Å². The van der Waals surface area contributed by atoms with Gasteiger partial charge in [-0.3, -0.25) is 9.35 Å². The Labute approximate surface area is 135 Å². The van der Waals surface area contributed by atoms with Crippen LogP contribution in [0.2, 0.25) is 0 Å². The maximum atomic E-state index is 12.4. The molecule has 0 heterocycles. The van der Waals surface area contributed by atoms with Crippen LogP contribution in [0, 0.1) is 0 Å². The van der Waals surface area contributed by atoms with Crippen molar-refractivity contribution in [3.8, 4) is 0 Å². The number of nitrogens with one attached hydrogen (secondary N) is 1. The number of carbonyl (C=O) groups is 2. The number of carbonyl (C=O) groups excluding carboxylic acids is 2. The summed E-state index contributed by atoms with van der Waals surface area (Å²) in [6, 6.07) is 7.48. The number of benzene rings is 1. The van der Waals surface area contributed by atoms with E-state index in [1.165, 1.54) is 0 Å². The van der Waals surface area contributed by atoms with Crippen LogP contribution in [0.1, 0.15) is 31.7 Å². The van der Waals surface area contributed by atoms with Gasteiger partial charge >= 0.3 is 5.97 Å². The minimum Gasteiger partial charge on any atom is -0.464 e. The van der Waals surface area contributed by atoms with Crippen molar-refractivity contribution in [1.29, 1.82) is 0 Å². The van der Waals surface area contributed by atoms with Crippen LogP contribution in [0.25, 0.3) is 0 Å². The van der Waals surface area contributed by atoms with Crippen LogP contribution in [0.4, 0.5) is 0 Å². The molecule has 1 aromatic rings. The van der Waals surface area contributed by atoms with Crippen LogP contribution in [-0.4, -0.2) is 43.2 Å². The van der Waals surface area contributed by atoms with Crippen LogP contribution in [0.15, 0.2) is 30.3 Å². The highest BCUT2D eigenvalue weighted by molar-refractivity contribution is 7.85. The molecule has 0 aromatic heterocycles. The molecule has 1 amide bonds. The molecule has 1 rings (SSSR count). The molecule has 0 spiro atoms. The van der Waals surface area contributed by atoms with Gasteiger partial charge in [0, 0.05) is 0 Å². The van der Waals surface area contributed by atoms with Gasteiger partial charge in [-0.1, -0.05) is 37.3 Å². The summed E-state index contributed by atoms with van der Waals surface area (Å²) >= 11 is 0. The SMILES string of the molecule is CCOC(=O)C(CS(=O)(=O)O)NC(=O)C(CC)c1ccccc1. The lowest BCUT2D eigenvalue weighted by molar-refractivity contribution is -0.146. The quantitative estimate of drug-likeness (QED) is 0.540. The van der Waals surface area contributed by atoms with E-state index in [1.807, 2.05) is 6.07 Å². The number of hydrogen-bond acceptors (Lipinski definition) is 5. The van der Waals surface area contributed by atoms with E-state index >= 15 is 0 Å². The van der Waals surface area contributed by atoms with Gasteiger partial charge in [-0.05, 0) is 18.9 Å². The highest BCUT2D eigenvalue weighted by atomic mass is 32.2. The fraction of sp³-hybridized carbons (Fsp3) is 0.467. The fourth-order valence-corrected chi connectivity index (χ4v) is 2.79. The van der Waals surface area contributed by atoms with Gasteiger partial charge in [0.05, 0.1) is 12.5 Å². The molecule has 2 unspecified atom stereocenters. The lowest BCUT2D eigenvalue weighted by atomic mass is 9.95. The summed E-state index contributed by atoms with van der Waals surface area (Å²) in [5.41, 5.74) is 0.752. The van der Waals surface area contributed by atoms with E-state index in [1.54, 1.807) is 38.1 Å². The van der Waals surface area contributed by atoms with Crippen molar-refractivity contribution >= 4 is 22.0 Å². The third-order valence-electron chi connectivity index (χ3n) is 3.19. The maximum Gasteiger partial charge on any atom is 0.329 e. The van der Waals surface area contributed by atoms with Gasteiger partial charge in [-0.25, -0.2) is 4.79 Å². The first kappa shape index (κ1) is 19.1. The first-order valence-corrected chi connectivity index (χ1v) is 8.86. The van der Waals surface area contributed by atoms with Crippen molar-refractivity contribution in [3.63, 3.8) is 0 Å². The zero-order valence-electron chi connectivity index (χ0n) is 13.1. The summed E-state index contributed by atoms with van der Waals surface area (Å²) in [5.74, 6) is -2.86. The predicted molar refractivity (Wildman–Crippen MR) is 84.5 cm³/mol. The number of ether oxygens (including phenoxy) is 1. The number of rotatable bonds is 8. The Morgan fingerprint density at radius 3 is 2.30 bits per heavy atom. The number of hydrogen-bond donors (Lipinski definition) is 2. The standard InChI is InChI=1S/C15H21NO6S/c1-3-12(11-8-6-5-7-9-11)14(17)16-13(10-23(19,20)21)15(18)22-4-2/h5-9,12-13H,3-4,10H2,1-2H3,(H,16,17)(H,19,20,21). The maximum absolute atomic E-state index is 12.4. The summed E-state index contributed by atoms with van der Waals surface area (Å²) in [4.78, 5) is 24.2. The minimum absolute atomic E-state index is 0.0343. The average Bonchev–Trinajstić information content (AvgIpc) is 2.47. The van der Waals surface area contributed by atoms with E-state index < -0.39 is 39.7 Å². The summed E-state index contributed by atoms with van der Waals surface area (Å²) in [7, 11) is -4.44. The number of amides is 1. The molecule has 2 atom stereocenters. The van der Waals surface area contributed by atoms with Crippen LogP contribution >= 0.6 is 0 Å². The highest BCUT2D eigenvalue weighted by Gasteiger charge is 2.30. The van der Waals surface area contributed by atoms with Gasteiger partial charge in [0.25, 0.3) is 10.1 Å². The second-order valence-electron chi connectivity index (χ2n) is 4.93. The van der Waals surface area contributed by atoms with Crippen LogP contribution in [0.5, 0.6) is 0 Å². The van der Waals surface area contributed by atoms with Gasteiger partial charge in [0.2, 0.25) is 5.91 Å². The second-order valence-corrected chi connectivity index (χ2v) is 6.43. The van der Waals surface area contributed by atoms with Crippen molar-refractivity contribution in [1.82, 2.24) is 5.32 Å². The molecule has 8 heteroatoms. The molecule has 0 aliphatic rings. The Morgan fingerprint density at radius 2 is 1.83 bits per heavy atom. The van der Waals surface area contributed by atoms with Gasteiger partial charge < -0.3 is 10.1 Å². The molecule has 0 aliphatic heterocycles. The molecular weight excluding hydrogens is 322 g/mol. The first-order valence-electron chi connectivity index (χ1n) is 7.25. The highest BCUT2D eigenvalue weighted by Crippen LogP contribution is 2.19. The fourth-order valence-electron chi connectivity index (χ4n) is 2.15. The molecule has 0 bridgehead atoms. The number of esters is 1. The van der Waals surface area contributed by atoms with Gasteiger partial charge in [0.1, 0.15) is 11.8 Å². The molecule has 0 saturated carbocycles. The summed E-state index contributed by atoms with van der Waals surface area (Å²) in [6.45, 7) is 3.40. The molecule has 7 nitrogen and oxygen atoms in total. The van der Waals surface area contributed by atoms with E-state index in [4.69, 9.17) is 9.29 Å². The molecule has 1 aromatic carbocycles. The Hall–Kier alpha value is -1.93. The third-order valence-corrected chi connectivity index (χ3v) is 3.95. The van der Waals surface area contributed by atoms with Gasteiger partial charge in [-0.2, -0.15) is 8.42 Å². The summed E-state index contributed by atoms with van der Waals surface area (Å²) < 4.78 is 35.8. The van der Waals surface area contributed by atoms with E-state index in [2.05, 4.69) is 5.32 Å². The van der Waals surface area contributed by atoms with Crippen molar-refractivity contribution in [2.45, 2.75) is 32.2 Å². The minimum atomic E-state index is -4.44. The Kier molecular flexibility index (Phi) is 7.18. The summed E-state index contributed by atoms with van der Waals surface area (Å²) in [5, 5.41) is 2.35. The van der Waals surface area contributed by atoms with Crippen LogP contribution in [0.3, 0.4) is 0 Å². The van der Waals surface area contributed by atoms with E-state index in [0.29, 0.717) is 6.42 Å². The molecule has 0 radical (unpaired) electrons. The van der Waals surface area contributed by atoms with Crippen molar-refractivity contribution in [2.24, 2.45) is 0 Å². The zero-order chi connectivity index (χ0) is 17.5. The van der Waals surface area contributed by atoms with Gasteiger partial charge in [0.15, 0.2) is 0 Å². The van der Waals surface area contributed by atoms with Crippen molar-refractivity contribution in [3.05, 3.63) is 35.9 Å². The molecule has 0 fully saturated rings. The van der Waals surface area contributed by atoms with E-state index in [-0.39, 0.29) is 6.61 Å². The molecule has 23 heavy (non-hydrogen) atoms. The predicted octanol–water partition coefficient (Wildman–Crippen LogP) is 1.12. The molecule has 2 N–H and O–H groups in total. The first-order chi connectivity index (χ1) is 10.8. The summed E-state index contributed by atoms with van der Waals surface area (Å²) in [6.07, 6.45) is 0.470. The molecule has 0 saturated heterocycles. The van der Waals surface area contributed by atoms with Crippen LogP contribution in [-0.2, 0) is 24.4 Å². The second kappa shape index (κ2) is 8.64. The monoisotopic (exact) mass is 343 g/mol. The van der Waals surface area contributed by atoms with Gasteiger partial charge in [-0.15, -0.1) is 0 Å². The molecular formula is C15H21NO6S. The van der Waals surface area contributed by atoms with Crippen LogP contribution < -0.4 is 5.32 Å². The largest absolute Gasteiger partial charge is 0.464 e. The lowest BCUT2D eigenvalue weighted by Crippen LogP contribution is -2.47. The average molecular weight is 343 g/mol. The Balaban J connectivity index is 2.92. The Morgan fingerprint density at radius 1 is 1.22 bits per heavy atom. The molecule has 0 aliphatic carbocycles. The van der Waals surface area contributed by atoms with Crippen molar-refractivity contribution in [2.75, 3.05) is 12.4 Å². The van der Waals surface area contributed by atoms with Crippen molar-refractivity contribution < 1.29 is 27.3 Å². The Bertz CT molecular complexity index is 629. The smallest absolute Gasteiger partial charge is 0.329 e. The normalized spacial score (nSPS) is 13.9. The van der Waals surface area contributed by atoms with E-state index in [9.17, 15) is 18.0 Å². The third kappa shape index (κ3) is 6.37. The zero-order valence-corrected chi connectivity index (χ0v) is 13.9.